The molecule has 2 heterocycles. The number of furan rings is 1. The van der Waals surface area contributed by atoms with Crippen molar-refractivity contribution in [2.45, 2.75) is 12.8 Å². The quantitative estimate of drug-likeness (QED) is 0.915. The smallest absolute Gasteiger partial charge is 0.291 e. The number of carbonyl (C=O) groups excluding carboxylic acids is 1. The molecular weight excluding hydrogens is 302 g/mol. The molecule has 1 aromatic heterocycles. The van der Waals surface area contributed by atoms with Gasteiger partial charge in [0.25, 0.3) is 5.91 Å². The molecule has 0 unspecified atom stereocenters. The number of amides is 1. The molecule has 0 atom stereocenters. The lowest BCUT2D eigenvalue weighted by molar-refractivity contribution is 0.0996. The van der Waals surface area contributed by atoms with E-state index in [0.29, 0.717) is 5.76 Å². The van der Waals surface area contributed by atoms with E-state index in [1.54, 1.807) is 12.1 Å². The topological polar surface area (TPSA) is 48.7 Å². The Hall–Kier alpha value is -2.27. The van der Waals surface area contributed by atoms with Gasteiger partial charge in [0.2, 0.25) is 0 Å². The normalized spacial score (nSPS) is 15.7. The fourth-order valence-electron chi connectivity index (χ4n) is 3.25. The molecule has 1 fully saturated rings. The number of piperidine rings is 1. The minimum absolute atomic E-state index is 0.225. The van der Waals surface area contributed by atoms with Crippen molar-refractivity contribution in [3.63, 3.8) is 0 Å². The zero-order valence-corrected chi connectivity index (χ0v) is 14.4. The van der Waals surface area contributed by atoms with Crippen LogP contribution in [0.3, 0.4) is 0 Å². The Bertz CT molecular complexity index is 642. The molecule has 5 heteroatoms. The standard InChI is InChI=1S/C19H25N3O2/c1-21(2)14-15-9-11-22(12-10-15)17-7-5-16(6-8-17)20-19(23)18-4-3-13-24-18/h3-8,13,15H,9-12,14H2,1-2H3,(H,20,23). The molecule has 1 aromatic carbocycles. The van der Waals surface area contributed by atoms with E-state index < -0.39 is 0 Å². The zero-order chi connectivity index (χ0) is 16.9. The lowest BCUT2D eigenvalue weighted by atomic mass is 9.96. The predicted molar refractivity (Wildman–Crippen MR) is 96.6 cm³/mol. The maximum Gasteiger partial charge on any atom is 0.291 e. The van der Waals surface area contributed by atoms with Gasteiger partial charge < -0.3 is 19.5 Å². The summed E-state index contributed by atoms with van der Waals surface area (Å²) in [6, 6.07) is 11.4. The molecule has 1 aliphatic heterocycles. The molecule has 0 saturated carbocycles. The summed E-state index contributed by atoms with van der Waals surface area (Å²) in [5, 5.41) is 2.85. The number of benzene rings is 1. The average Bonchev–Trinajstić information content (AvgIpc) is 3.10. The fraction of sp³-hybridized carbons (Fsp3) is 0.421. The molecule has 0 radical (unpaired) electrons. The maximum absolute atomic E-state index is 12.0. The molecule has 5 nitrogen and oxygen atoms in total. The second-order valence-electron chi connectivity index (χ2n) is 6.67. The summed E-state index contributed by atoms with van der Waals surface area (Å²) in [6.07, 6.45) is 3.96. The summed E-state index contributed by atoms with van der Waals surface area (Å²) in [4.78, 5) is 16.7. The number of hydrogen-bond acceptors (Lipinski definition) is 4. The molecule has 1 aliphatic rings. The molecule has 1 N–H and O–H groups in total. The second kappa shape index (κ2) is 7.53. The first-order chi connectivity index (χ1) is 11.6. The van der Waals surface area contributed by atoms with Gasteiger partial charge >= 0.3 is 0 Å². The van der Waals surface area contributed by atoms with E-state index in [4.69, 9.17) is 4.42 Å². The van der Waals surface area contributed by atoms with Crippen molar-refractivity contribution in [1.82, 2.24) is 4.90 Å². The van der Waals surface area contributed by atoms with Crippen LogP contribution < -0.4 is 10.2 Å². The summed E-state index contributed by atoms with van der Waals surface area (Å²) in [5.74, 6) is 0.891. The van der Waals surface area contributed by atoms with Crippen molar-refractivity contribution in [2.75, 3.05) is 43.9 Å². The predicted octanol–water partition coefficient (Wildman–Crippen LogP) is 3.31. The summed E-state index contributed by atoms with van der Waals surface area (Å²) in [7, 11) is 4.28. The van der Waals surface area contributed by atoms with E-state index in [9.17, 15) is 4.79 Å². The Kier molecular flexibility index (Phi) is 5.20. The van der Waals surface area contributed by atoms with Gasteiger partial charge in [-0.25, -0.2) is 0 Å². The third-order valence-electron chi connectivity index (χ3n) is 4.47. The molecule has 2 aromatic rings. The maximum atomic E-state index is 12.0. The first-order valence-electron chi connectivity index (χ1n) is 8.46. The van der Waals surface area contributed by atoms with Gasteiger partial charge in [-0.1, -0.05) is 0 Å². The van der Waals surface area contributed by atoms with Crippen molar-refractivity contribution < 1.29 is 9.21 Å². The van der Waals surface area contributed by atoms with E-state index >= 15 is 0 Å². The van der Waals surface area contributed by atoms with Crippen LogP contribution in [0.1, 0.15) is 23.4 Å². The van der Waals surface area contributed by atoms with Crippen LogP contribution >= 0.6 is 0 Å². The fourth-order valence-corrected chi connectivity index (χ4v) is 3.25. The van der Waals surface area contributed by atoms with Crippen LogP contribution in [0, 0.1) is 5.92 Å². The van der Waals surface area contributed by atoms with Gasteiger partial charge in [-0.2, -0.15) is 0 Å². The van der Waals surface area contributed by atoms with Crippen LogP contribution in [0.15, 0.2) is 47.1 Å². The van der Waals surface area contributed by atoms with Crippen molar-refractivity contribution in [1.29, 1.82) is 0 Å². The SMILES string of the molecule is CN(C)CC1CCN(c2ccc(NC(=O)c3ccco3)cc2)CC1. The Labute approximate surface area is 143 Å². The van der Waals surface area contributed by atoms with Crippen molar-refractivity contribution in [3.8, 4) is 0 Å². The van der Waals surface area contributed by atoms with E-state index in [-0.39, 0.29) is 5.91 Å². The molecule has 0 bridgehead atoms. The molecule has 0 spiro atoms. The summed E-state index contributed by atoms with van der Waals surface area (Å²) in [5.41, 5.74) is 2.00. The molecule has 24 heavy (non-hydrogen) atoms. The van der Waals surface area contributed by atoms with E-state index in [2.05, 4.69) is 41.3 Å². The Morgan fingerprint density at radius 3 is 2.50 bits per heavy atom. The summed E-state index contributed by atoms with van der Waals surface area (Å²) < 4.78 is 5.10. The molecule has 1 saturated heterocycles. The van der Waals surface area contributed by atoms with Crippen LogP contribution in [0.4, 0.5) is 11.4 Å². The van der Waals surface area contributed by atoms with Gasteiger partial charge in [-0.05, 0) is 69.3 Å². The minimum Gasteiger partial charge on any atom is -0.459 e. The van der Waals surface area contributed by atoms with Crippen LogP contribution in [0.25, 0.3) is 0 Å². The second-order valence-corrected chi connectivity index (χ2v) is 6.67. The van der Waals surface area contributed by atoms with Gasteiger partial charge in [0, 0.05) is 31.0 Å². The first-order valence-corrected chi connectivity index (χ1v) is 8.46. The van der Waals surface area contributed by atoms with Gasteiger partial charge in [0.1, 0.15) is 0 Å². The Balaban J connectivity index is 1.54. The highest BCUT2D eigenvalue weighted by Crippen LogP contribution is 2.25. The van der Waals surface area contributed by atoms with Crippen molar-refractivity contribution in [2.24, 2.45) is 5.92 Å². The summed E-state index contributed by atoms with van der Waals surface area (Å²) in [6.45, 7) is 3.36. The van der Waals surface area contributed by atoms with E-state index in [0.717, 1.165) is 24.7 Å². The Morgan fingerprint density at radius 2 is 1.92 bits per heavy atom. The largest absolute Gasteiger partial charge is 0.459 e. The number of hydrogen-bond donors (Lipinski definition) is 1. The van der Waals surface area contributed by atoms with Gasteiger partial charge in [0.05, 0.1) is 6.26 Å². The third kappa shape index (κ3) is 4.17. The number of carbonyl (C=O) groups is 1. The minimum atomic E-state index is -0.225. The molecule has 0 aliphatic carbocycles. The monoisotopic (exact) mass is 327 g/mol. The van der Waals surface area contributed by atoms with Gasteiger partial charge in [-0.15, -0.1) is 0 Å². The van der Waals surface area contributed by atoms with Crippen LogP contribution in [-0.2, 0) is 0 Å². The molecule has 128 valence electrons. The summed E-state index contributed by atoms with van der Waals surface area (Å²) >= 11 is 0. The highest BCUT2D eigenvalue weighted by atomic mass is 16.3. The highest BCUT2D eigenvalue weighted by molar-refractivity contribution is 6.02. The molecular formula is C19H25N3O2. The lowest BCUT2D eigenvalue weighted by Crippen LogP contribution is -2.37. The number of nitrogens with one attached hydrogen (secondary N) is 1. The molecule has 1 amide bonds. The van der Waals surface area contributed by atoms with E-state index in [1.165, 1.54) is 31.3 Å². The van der Waals surface area contributed by atoms with Crippen molar-refractivity contribution in [3.05, 3.63) is 48.4 Å². The number of rotatable bonds is 5. The van der Waals surface area contributed by atoms with Crippen LogP contribution in [-0.4, -0.2) is 44.5 Å². The highest BCUT2D eigenvalue weighted by Gasteiger charge is 2.20. The number of anilines is 2. The Morgan fingerprint density at radius 1 is 1.21 bits per heavy atom. The lowest BCUT2D eigenvalue weighted by Gasteiger charge is -2.34. The van der Waals surface area contributed by atoms with Crippen LogP contribution in [0.5, 0.6) is 0 Å². The zero-order valence-electron chi connectivity index (χ0n) is 14.4. The van der Waals surface area contributed by atoms with E-state index in [1.807, 2.05) is 12.1 Å². The van der Waals surface area contributed by atoms with Crippen molar-refractivity contribution >= 4 is 17.3 Å². The average molecular weight is 327 g/mol. The third-order valence-corrected chi connectivity index (χ3v) is 4.47. The molecule has 3 rings (SSSR count). The first kappa shape index (κ1) is 16.6. The van der Waals surface area contributed by atoms with Gasteiger partial charge in [-0.3, -0.25) is 4.79 Å². The van der Waals surface area contributed by atoms with Gasteiger partial charge in [0.15, 0.2) is 5.76 Å². The van der Waals surface area contributed by atoms with Crippen LogP contribution in [0.2, 0.25) is 0 Å². The number of nitrogens with zero attached hydrogens (tertiary/aromatic N) is 2.